The average Bonchev–Trinajstić information content (AvgIpc) is 2.38. The first-order chi connectivity index (χ1) is 9.10. The molecule has 2 aromatic rings. The number of aryl methyl sites for hydroxylation is 1. The van der Waals surface area contributed by atoms with Crippen molar-refractivity contribution in [3.05, 3.63) is 41.9 Å². The molecular formula is C13H13F2N3O. The minimum atomic E-state index is -2.63. The van der Waals surface area contributed by atoms with Crippen molar-refractivity contribution in [2.24, 2.45) is 0 Å². The summed E-state index contributed by atoms with van der Waals surface area (Å²) in [5.41, 5.74) is 0.355. The minimum absolute atomic E-state index is 0.287. The third-order valence-electron chi connectivity index (χ3n) is 2.45. The van der Waals surface area contributed by atoms with Crippen LogP contribution in [0, 0.1) is 6.92 Å². The fraction of sp³-hybridized carbons (Fsp3) is 0.231. The first-order valence-electron chi connectivity index (χ1n) is 5.64. The largest absolute Gasteiger partial charge is 0.495 e. The predicted molar refractivity (Wildman–Crippen MR) is 68.0 cm³/mol. The number of rotatable bonds is 4. The lowest BCUT2D eigenvalue weighted by molar-refractivity contribution is 0.145. The maximum absolute atomic E-state index is 12.7. The number of nitrogens with zero attached hydrogens (tertiary/aromatic N) is 2. The van der Waals surface area contributed by atoms with E-state index < -0.39 is 6.43 Å². The number of methoxy groups -OCH3 is 1. The van der Waals surface area contributed by atoms with Crippen LogP contribution in [0.1, 0.15) is 17.9 Å². The number of halogens is 2. The molecule has 6 heteroatoms. The number of hydrogen-bond acceptors (Lipinski definition) is 4. The highest BCUT2D eigenvalue weighted by Gasteiger charge is 2.12. The summed E-state index contributed by atoms with van der Waals surface area (Å²) in [7, 11) is 1.54. The SMILES string of the molecule is COc1ccccc1Nc1cc(C(F)F)nc(C)n1. The minimum Gasteiger partial charge on any atom is -0.495 e. The first kappa shape index (κ1) is 13.2. The molecular weight excluding hydrogens is 252 g/mol. The van der Waals surface area contributed by atoms with Crippen molar-refractivity contribution in [1.82, 2.24) is 9.97 Å². The van der Waals surface area contributed by atoms with Gasteiger partial charge in [-0.1, -0.05) is 12.1 Å². The summed E-state index contributed by atoms with van der Waals surface area (Å²) in [5.74, 6) is 1.21. The number of aromatic nitrogens is 2. The van der Waals surface area contributed by atoms with Crippen LogP contribution in [-0.4, -0.2) is 17.1 Å². The van der Waals surface area contributed by atoms with Gasteiger partial charge < -0.3 is 10.1 Å². The molecule has 0 unspecified atom stereocenters. The molecule has 100 valence electrons. The Morgan fingerprint density at radius 1 is 1.21 bits per heavy atom. The lowest BCUT2D eigenvalue weighted by Gasteiger charge is -2.11. The molecule has 1 N–H and O–H groups in total. The lowest BCUT2D eigenvalue weighted by atomic mass is 10.3. The van der Waals surface area contributed by atoms with Gasteiger partial charge in [0.1, 0.15) is 23.1 Å². The molecule has 0 aliphatic rings. The Hall–Kier alpha value is -2.24. The molecule has 0 fully saturated rings. The third kappa shape index (κ3) is 3.15. The second kappa shape index (κ2) is 5.60. The second-order valence-corrected chi connectivity index (χ2v) is 3.85. The van der Waals surface area contributed by atoms with E-state index in [1.54, 1.807) is 19.1 Å². The van der Waals surface area contributed by atoms with Crippen LogP contribution >= 0.6 is 0 Å². The van der Waals surface area contributed by atoms with E-state index in [1.807, 2.05) is 12.1 Å². The number of hydrogen-bond donors (Lipinski definition) is 1. The third-order valence-corrected chi connectivity index (χ3v) is 2.45. The fourth-order valence-electron chi connectivity index (χ4n) is 1.65. The lowest BCUT2D eigenvalue weighted by Crippen LogP contribution is -2.02. The van der Waals surface area contributed by atoms with Gasteiger partial charge in [-0.05, 0) is 19.1 Å². The van der Waals surface area contributed by atoms with Crippen LogP contribution in [-0.2, 0) is 0 Å². The Kier molecular flexibility index (Phi) is 3.89. The van der Waals surface area contributed by atoms with Crippen molar-refractivity contribution in [2.75, 3.05) is 12.4 Å². The van der Waals surface area contributed by atoms with Crippen LogP contribution in [0.2, 0.25) is 0 Å². The van der Waals surface area contributed by atoms with E-state index in [0.29, 0.717) is 17.3 Å². The van der Waals surface area contributed by atoms with Crippen LogP contribution in [0.25, 0.3) is 0 Å². The molecule has 0 saturated heterocycles. The molecule has 0 aliphatic carbocycles. The molecule has 0 saturated carbocycles. The zero-order chi connectivity index (χ0) is 13.8. The summed E-state index contributed by atoms with van der Waals surface area (Å²) in [6, 6.07) is 8.40. The Morgan fingerprint density at radius 2 is 1.95 bits per heavy atom. The van der Waals surface area contributed by atoms with Gasteiger partial charge in [-0.25, -0.2) is 18.7 Å². The standard InChI is InChI=1S/C13H13F2N3O/c1-8-16-10(13(14)15)7-12(17-8)18-9-5-3-4-6-11(9)19-2/h3-7,13H,1-2H3,(H,16,17,18). The van der Waals surface area contributed by atoms with Gasteiger partial charge in [0, 0.05) is 6.07 Å². The quantitative estimate of drug-likeness (QED) is 0.919. The Morgan fingerprint density at radius 3 is 2.63 bits per heavy atom. The van der Waals surface area contributed by atoms with Gasteiger partial charge in [0.2, 0.25) is 0 Å². The van der Waals surface area contributed by atoms with Gasteiger partial charge >= 0.3 is 0 Å². The van der Waals surface area contributed by atoms with Crippen molar-refractivity contribution in [3.63, 3.8) is 0 Å². The summed E-state index contributed by atoms with van der Waals surface area (Å²) >= 11 is 0. The smallest absolute Gasteiger partial charge is 0.280 e. The van der Waals surface area contributed by atoms with Gasteiger partial charge in [0.05, 0.1) is 12.8 Å². The molecule has 0 aliphatic heterocycles. The fourth-order valence-corrected chi connectivity index (χ4v) is 1.65. The molecule has 0 spiro atoms. The topological polar surface area (TPSA) is 47.0 Å². The maximum atomic E-state index is 12.7. The molecule has 1 heterocycles. The summed E-state index contributed by atoms with van der Waals surface area (Å²) in [4.78, 5) is 7.76. The summed E-state index contributed by atoms with van der Waals surface area (Å²) in [6.07, 6.45) is -2.63. The molecule has 2 rings (SSSR count). The number of benzene rings is 1. The zero-order valence-corrected chi connectivity index (χ0v) is 10.5. The van der Waals surface area contributed by atoms with Crippen LogP contribution < -0.4 is 10.1 Å². The Balaban J connectivity index is 2.32. The molecule has 1 aromatic heterocycles. The highest BCUT2D eigenvalue weighted by molar-refractivity contribution is 5.64. The van der Waals surface area contributed by atoms with E-state index in [4.69, 9.17) is 4.74 Å². The summed E-state index contributed by atoms with van der Waals surface area (Å²) in [5, 5.41) is 2.95. The van der Waals surface area contributed by atoms with Gasteiger partial charge in [0.15, 0.2) is 0 Å². The molecule has 1 aromatic carbocycles. The number of ether oxygens (including phenoxy) is 1. The monoisotopic (exact) mass is 265 g/mol. The molecule has 0 amide bonds. The van der Waals surface area contributed by atoms with Gasteiger partial charge in [-0.2, -0.15) is 0 Å². The number of nitrogens with one attached hydrogen (secondary N) is 1. The Bertz CT molecular complexity index is 576. The van der Waals surface area contributed by atoms with E-state index in [0.717, 1.165) is 0 Å². The van der Waals surface area contributed by atoms with E-state index in [9.17, 15) is 8.78 Å². The van der Waals surface area contributed by atoms with Crippen LogP contribution in [0.15, 0.2) is 30.3 Å². The van der Waals surface area contributed by atoms with E-state index in [2.05, 4.69) is 15.3 Å². The first-order valence-corrected chi connectivity index (χ1v) is 5.64. The molecule has 19 heavy (non-hydrogen) atoms. The van der Waals surface area contributed by atoms with Crippen molar-refractivity contribution >= 4 is 11.5 Å². The van der Waals surface area contributed by atoms with E-state index >= 15 is 0 Å². The van der Waals surface area contributed by atoms with Crippen LogP contribution in [0.3, 0.4) is 0 Å². The van der Waals surface area contributed by atoms with Gasteiger partial charge in [-0.3, -0.25) is 0 Å². The maximum Gasteiger partial charge on any atom is 0.280 e. The predicted octanol–water partition coefficient (Wildman–Crippen LogP) is 3.47. The highest BCUT2D eigenvalue weighted by Crippen LogP contribution is 2.27. The van der Waals surface area contributed by atoms with Gasteiger partial charge in [0.25, 0.3) is 6.43 Å². The molecule has 0 atom stereocenters. The number of para-hydroxylation sites is 2. The van der Waals surface area contributed by atoms with Crippen LogP contribution in [0.5, 0.6) is 5.75 Å². The highest BCUT2D eigenvalue weighted by atomic mass is 19.3. The van der Waals surface area contributed by atoms with Gasteiger partial charge in [-0.15, -0.1) is 0 Å². The van der Waals surface area contributed by atoms with E-state index in [1.165, 1.54) is 13.2 Å². The van der Waals surface area contributed by atoms with Crippen molar-refractivity contribution in [1.29, 1.82) is 0 Å². The van der Waals surface area contributed by atoms with Crippen molar-refractivity contribution < 1.29 is 13.5 Å². The second-order valence-electron chi connectivity index (χ2n) is 3.85. The van der Waals surface area contributed by atoms with Crippen molar-refractivity contribution in [3.8, 4) is 5.75 Å². The Labute approximate surface area is 109 Å². The number of anilines is 2. The summed E-state index contributed by atoms with van der Waals surface area (Å²) in [6.45, 7) is 1.57. The molecule has 0 radical (unpaired) electrons. The molecule has 0 bridgehead atoms. The van der Waals surface area contributed by atoms with Crippen molar-refractivity contribution in [2.45, 2.75) is 13.3 Å². The summed E-state index contributed by atoms with van der Waals surface area (Å²) < 4.78 is 30.5. The van der Waals surface area contributed by atoms with Crippen LogP contribution in [0.4, 0.5) is 20.3 Å². The normalized spacial score (nSPS) is 10.6. The average molecular weight is 265 g/mol. The zero-order valence-electron chi connectivity index (χ0n) is 10.5. The molecule has 4 nitrogen and oxygen atoms in total. The van der Waals surface area contributed by atoms with E-state index in [-0.39, 0.29) is 11.5 Å². The number of alkyl halides is 2.